The van der Waals surface area contributed by atoms with Crippen LogP contribution in [0.2, 0.25) is 0 Å². The normalized spacial score (nSPS) is 20.4. The SMILES string of the molecule is Cc1ccc(OC[C@@H]2C[C@@H](F)CN2C(=O)OC(C)(C)C)cc1C(=O)O. The van der Waals surface area contributed by atoms with E-state index in [4.69, 9.17) is 14.6 Å². The van der Waals surface area contributed by atoms with Crippen LogP contribution in [0.5, 0.6) is 5.75 Å². The number of hydrogen-bond donors (Lipinski definition) is 1. The Hall–Kier alpha value is -2.31. The molecule has 0 radical (unpaired) electrons. The smallest absolute Gasteiger partial charge is 0.410 e. The third kappa shape index (κ3) is 5.08. The van der Waals surface area contributed by atoms with Crippen molar-refractivity contribution in [3.8, 4) is 5.75 Å². The summed E-state index contributed by atoms with van der Waals surface area (Å²) in [6, 6.07) is 4.27. The van der Waals surface area contributed by atoms with Crippen molar-refractivity contribution >= 4 is 12.1 Å². The molecule has 2 rings (SSSR count). The third-order valence-electron chi connectivity index (χ3n) is 3.87. The third-order valence-corrected chi connectivity index (χ3v) is 3.87. The van der Waals surface area contributed by atoms with Crippen LogP contribution in [-0.2, 0) is 4.74 Å². The molecule has 2 atom stereocenters. The molecule has 0 bridgehead atoms. The van der Waals surface area contributed by atoms with Gasteiger partial charge < -0.3 is 14.6 Å². The van der Waals surface area contributed by atoms with Crippen molar-refractivity contribution in [3.05, 3.63) is 29.3 Å². The Bertz CT molecular complexity index is 655. The minimum Gasteiger partial charge on any atom is -0.491 e. The molecule has 6 nitrogen and oxygen atoms in total. The van der Waals surface area contributed by atoms with Crippen molar-refractivity contribution in [1.29, 1.82) is 0 Å². The maximum absolute atomic E-state index is 13.8. The number of hydrogen-bond acceptors (Lipinski definition) is 4. The fourth-order valence-corrected chi connectivity index (χ4v) is 2.68. The van der Waals surface area contributed by atoms with Gasteiger partial charge in [0.05, 0.1) is 18.2 Å². The van der Waals surface area contributed by atoms with Crippen LogP contribution in [0.1, 0.15) is 43.1 Å². The number of benzene rings is 1. The molecular formula is C18H24FNO5. The standard InChI is InChI=1S/C18H24FNO5/c1-11-5-6-14(8-15(11)16(21)22)24-10-13-7-12(19)9-20(13)17(23)25-18(2,3)4/h5-6,8,12-13H,7,9-10H2,1-4H3,(H,21,22)/t12-,13+/m1/s1. The molecule has 1 heterocycles. The van der Waals surface area contributed by atoms with Gasteiger partial charge in [-0.3, -0.25) is 4.90 Å². The zero-order valence-electron chi connectivity index (χ0n) is 14.9. The number of likely N-dealkylation sites (tertiary alicyclic amines) is 1. The molecule has 1 fully saturated rings. The van der Waals surface area contributed by atoms with Crippen molar-refractivity contribution in [1.82, 2.24) is 4.90 Å². The molecule has 1 amide bonds. The predicted octanol–water partition coefficient (Wildman–Crippen LogP) is 3.42. The largest absolute Gasteiger partial charge is 0.491 e. The molecule has 1 aromatic rings. The summed E-state index contributed by atoms with van der Waals surface area (Å²) in [7, 11) is 0. The number of halogens is 1. The fraction of sp³-hybridized carbons (Fsp3) is 0.556. The molecule has 1 aliphatic rings. The van der Waals surface area contributed by atoms with Crippen molar-refractivity contribution in [3.63, 3.8) is 0 Å². The number of alkyl halides is 1. The van der Waals surface area contributed by atoms with E-state index in [2.05, 4.69) is 0 Å². The molecule has 138 valence electrons. The average Bonchev–Trinajstić information content (AvgIpc) is 2.85. The quantitative estimate of drug-likeness (QED) is 0.897. The summed E-state index contributed by atoms with van der Waals surface area (Å²) in [5, 5.41) is 9.15. The second kappa shape index (κ2) is 7.29. The minimum atomic E-state index is -1.13. The highest BCUT2D eigenvalue weighted by Crippen LogP contribution is 2.25. The first-order chi connectivity index (χ1) is 11.6. The van der Waals surface area contributed by atoms with Gasteiger partial charge in [0.25, 0.3) is 0 Å². The van der Waals surface area contributed by atoms with E-state index in [9.17, 15) is 14.0 Å². The van der Waals surface area contributed by atoms with Crippen LogP contribution in [0.3, 0.4) is 0 Å². The highest BCUT2D eigenvalue weighted by atomic mass is 19.1. The van der Waals surface area contributed by atoms with Crippen LogP contribution in [0, 0.1) is 6.92 Å². The lowest BCUT2D eigenvalue weighted by Gasteiger charge is -2.28. The zero-order chi connectivity index (χ0) is 18.8. The molecule has 0 saturated carbocycles. The molecule has 0 aliphatic carbocycles. The van der Waals surface area contributed by atoms with E-state index >= 15 is 0 Å². The lowest BCUT2D eigenvalue weighted by molar-refractivity contribution is 0.0181. The van der Waals surface area contributed by atoms with E-state index in [-0.39, 0.29) is 25.1 Å². The van der Waals surface area contributed by atoms with Gasteiger partial charge in [-0.05, 0) is 45.4 Å². The molecule has 1 aromatic carbocycles. The van der Waals surface area contributed by atoms with Gasteiger partial charge >= 0.3 is 12.1 Å². The van der Waals surface area contributed by atoms with Crippen LogP contribution >= 0.6 is 0 Å². The monoisotopic (exact) mass is 353 g/mol. The number of nitrogens with zero attached hydrogens (tertiary/aromatic N) is 1. The molecule has 7 heteroatoms. The maximum atomic E-state index is 13.8. The van der Waals surface area contributed by atoms with E-state index in [1.165, 1.54) is 11.0 Å². The number of carbonyl (C=O) groups is 2. The molecule has 25 heavy (non-hydrogen) atoms. The van der Waals surface area contributed by atoms with Crippen LogP contribution < -0.4 is 4.74 Å². The van der Waals surface area contributed by atoms with Crippen LogP contribution in [-0.4, -0.2) is 53.0 Å². The maximum Gasteiger partial charge on any atom is 0.410 e. The van der Waals surface area contributed by atoms with Gasteiger partial charge in [0, 0.05) is 6.42 Å². The lowest BCUT2D eigenvalue weighted by atomic mass is 10.1. The Labute approximate surface area is 146 Å². The van der Waals surface area contributed by atoms with Gasteiger partial charge in [-0.25, -0.2) is 14.0 Å². The molecule has 0 unspecified atom stereocenters. The highest BCUT2D eigenvalue weighted by molar-refractivity contribution is 5.89. The second-order valence-electron chi connectivity index (χ2n) is 7.21. The Kier molecular flexibility index (Phi) is 5.55. The Morgan fingerprint density at radius 1 is 1.36 bits per heavy atom. The molecular weight excluding hydrogens is 329 g/mol. The van der Waals surface area contributed by atoms with E-state index in [1.54, 1.807) is 39.8 Å². The highest BCUT2D eigenvalue weighted by Gasteiger charge is 2.38. The van der Waals surface area contributed by atoms with Crippen molar-refractivity contribution < 1.29 is 28.6 Å². The Morgan fingerprint density at radius 2 is 2.04 bits per heavy atom. The second-order valence-corrected chi connectivity index (χ2v) is 7.21. The topological polar surface area (TPSA) is 76.1 Å². The molecule has 0 aromatic heterocycles. The summed E-state index contributed by atoms with van der Waals surface area (Å²) in [6.45, 7) is 6.98. The predicted molar refractivity (Wildman–Crippen MR) is 89.9 cm³/mol. The number of rotatable bonds is 4. The van der Waals surface area contributed by atoms with Gasteiger partial charge in [0.15, 0.2) is 0 Å². The minimum absolute atomic E-state index is 0.0305. The van der Waals surface area contributed by atoms with Crippen LogP contribution in [0.4, 0.5) is 9.18 Å². The molecule has 0 spiro atoms. The first-order valence-corrected chi connectivity index (χ1v) is 8.17. The summed E-state index contributed by atoms with van der Waals surface area (Å²) in [6.07, 6.45) is -1.54. The zero-order valence-corrected chi connectivity index (χ0v) is 14.9. The summed E-state index contributed by atoms with van der Waals surface area (Å²) in [5.74, 6) is -0.669. The molecule has 1 saturated heterocycles. The van der Waals surface area contributed by atoms with E-state index in [0.29, 0.717) is 11.3 Å². The van der Waals surface area contributed by atoms with Crippen molar-refractivity contribution in [2.45, 2.75) is 51.9 Å². The summed E-state index contributed by atoms with van der Waals surface area (Å²) >= 11 is 0. The first kappa shape index (κ1) is 19.0. The van der Waals surface area contributed by atoms with E-state index in [0.717, 1.165) is 0 Å². The van der Waals surface area contributed by atoms with Crippen LogP contribution in [0.25, 0.3) is 0 Å². The first-order valence-electron chi connectivity index (χ1n) is 8.17. The lowest BCUT2D eigenvalue weighted by Crippen LogP contribution is -2.42. The van der Waals surface area contributed by atoms with Gasteiger partial charge in [-0.2, -0.15) is 0 Å². The average molecular weight is 353 g/mol. The number of ether oxygens (including phenoxy) is 2. The number of aromatic carboxylic acids is 1. The molecule has 1 aliphatic heterocycles. The van der Waals surface area contributed by atoms with E-state index in [1.807, 2.05) is 0 Å². The molecule has 1 N–H and O–H groups in total. The summed E-state index contributed by atoms with van der Waals surface area (Å²) in [5.41, 5.74) is 0.112. The van der Waals surface area contributed by atoms with Crippen molar-refractivity contribution in [2.24, 2.45) is 0 Å². The number of carbonyl (C=O) groups excluding carboxylic acids is 1. The number of carboxylic acid groups (broad SMARTS) is 1. The number of amides is 1. The van der Waals surface area contributed by atoms with Gasteiger partial charge in [0.2, 0.25) is 0 Å². The van der Waals surface area contributed by atoms with Gasteiger partial charge in [0.1, 0.15) is 24.1 Å². The number of carboxylic acids is 1. The van der Waals surface area contributed by atoms with Crippen molar-refractivity contribution in [2.75, 3.05) is 13.2 Å². The Balaban J connectivity index is 2.04. The summed E-state index contributed by atoms with van der Waals surface area (Å²) in [4.78, 5) is 24.7. The fourth-order valence-electron chi connectivity index (χ4n) is 2.68. The van der Waals surface area contributed by atoms with E-state index < -0.39 is 29.9 Å². The van der Waals surface area contributed by atoms with Crippen LogP contribution in [0.15, 0.2) is 18.2 Å². The van der Waals surface area contributed by atoms with Gasteiger partial charge in [-0.1, -0.05) is 6.07 Å². The number of aryl methyl sites for hydroxylation is 1. The Morgan fingerprint density at radius 3 is 2.64 bits per heavy atom. The van der Waals surface area contributed by atoms with Gasteiger partial charge in [-0.15, -0.1) is 0 Å². The summed E-state index contributed by atoms with van der Waals surface area (Å²) < 4.78 is 24.7.